The highest BCUT2D eigenvalue weighted by atomic mass is 35.5. The first-order chi connectivity index (χ1) is 14.6. The van der Waals surface area contributed by atoms with E-state index in [0.29, 0.717) is 22.3 Å². The number of nitrogens with zero attached hydrogens (tertiary/aromatic N) is 1. The third-order valence-electron chi connectivity index (χ3n) is 5.12. The van der Waals surface area contributed by atoms with Crippen molar-refractivity contribution in [3.63, 3.8) is 0 Å². The van der Waals surface area contributed by atoms with E-state index < -0.39 is 0 Å². The fraction of sp³-hybridized carbons (Fsp3) is 0.192. The molecule has 0 spiro atoms. The summed E-state index contributed by atoms with van der Waals surface area (Å²) >= 11 is 0. The number of ether oxygens (including phenoxy) is 1. The van der Waals surface area contributed by atoms with E-state index in [4.69, 9.17) is 9.15 Å². The molecule has 0 fully saturated rings. The number of rotatable bonds is 7. The van der Waals surface area contributed by atoms with Gasteiger partial charge in [0.05, 0.1) is 10.9 Å². The molecule has 0 saturated carbocycles. The quantitative estimate of drug-likeness (QED) is 0.359. The van der Waals surface area contributed by atoms with Crippen molar-refractivity contribution in [2.75, 3.05) is 20.6 Å². The van der Waals surface area contributed by atoms with Gasteiger partial charge in [0.15, 0.2) is 5.43 Å². The summed E-state index contributed by atoms with van der Waals surface area (Å²) < 4.78 is 12.1. The number of halogens is 1. The topological polar surface area (TPSA) is 42.7 Å². The van der Waals surface area contributed by atoms with Crippen LogP contribution in [0.5, 0.6) is 5.75 Å². The molecule has 4 rings (SSSR count). The lowest BCUT2D eigenvalue weighted by Crippen LogP contribution is -2.18. The van der Waals surface area contributed by atoms with Crippen LogP contribution in [0.1, 0.15) is 18.1 Å². The van der Waals surface area contributed by atoms with Crippen molar-refractivity contribution in [3.8, 4) is 16.9 Å². The van der Waals surface area contributed by atoms with E-state index in [9.17, 15) is 4.79 Å². The Bertz CT molecular complexity index is 1170. The predicted octanol–water partition coefficient (Wildman–Crippen LogP) is 5.95. The van der Waals surface area contributed by atoms with E-state index in [1.165, 1.54) is 6.26 Å². The van der Waals surface area contributed by atoms with Crippen molar-refractivity contribution in [1.82, 2.24) is 4.90 Å². The maximum atomic E-state index is 13.0. The fourth-order valence-electron chi connectivity index (χ4n) is 3.50. The lowest BCUT2D eigenvalue weighted by molar-refractivity contribution is 0.179. The van der Waals surface area contributed by atoms with Crippen LogP contribution in [0.4, 0.5) is 0 Å². The molecule has 0 radical (unpaired) electrons. The van der Waals surface area contributed by atoms with Gasteiger partial charge in [-0.25, -0.2) is 0 Å². The van der Waals surface area contributed by atoms with E-state index in [2.05, 4.69) is 31.1 Å². The maximum absolute atomic E-state index is 13.0. The Hall–Kier alpha value is -3.08. The molecule has 0 aliphatic heterocycles. The van der Waals surface area contributed by atoms with Crippen LogP contribution in [0.2, 0.25) is 0 Å². The Balaban J connectivity index is 0.00000272. The van der Waals surface area contributed by atoms with Gasteiger partial charge in [-0.3, -0.25) is 4.79 Å². The molecule has 0 saturated heterocycles. The zero-order valence-electron chi connectivity index (χ0n) is 17.7. The molecule has 160 valence electrons. The highest BCUT2D eigenvalue weighted by Crippen LogP contribution is 2.28. The van der Waals surface area contributed by atoms with Crippen molar-refractivity contribution in [2.45, 2.75) is 12.5 Å². The van der Waals surface area contributed by atoms with Crippen LogP contribution in [0.3, 0.4) is 0 Å². The molecule has 4 nitrogen and oxygen atoms in total. The second-order valence-corrected chi connectivity index (χ2v) is 7.61. The minimum atomic E-state index is -0.0821. The smallest absolute Gasteiger partial charge is 0.200 e. The summed E-state index contributed by atoms with van der Waals surface area (Å²) in [6.07, 6.45) is 2.30. The highest BCUT2D eigenvalue weighted by Gasteiger charge is 2.15. The van der Waals surface area contributed by atoms with Gasteiger partial charge in [0, 0.05) is 19.0 Å². The van der Waals surface area contributed by atoms with Crippen LogP contribution in [-0.4, -0.2) is 25.5 Å². The third-order valence-corrected chi connectivity index (χ3v) is 5.12. The first-order valence-corrected chi connectivity index (χ1v) is 10.1. The van der Waals surface area contributed by atoms with E-state index in [1.807, 2.05) is 54.6 Å². The van der Waals surface area contributed by atoms with Gasteiger partial charge in [-0.1, -0.05) is 60.7 Å². The average molecular weight is 436 g/mol. The Morgan fingerprint density at radius 3 is 2.29 bits per heavy atom. The van der Waals surface area contributed by atoms with Crippen LogP contribution in [0, 0.1) is 0 Å². The summed E-state index contributed by atoms with van der Waals surface area (Å²) in [4.78, 5) is 15.1. The molecule has 0 amide bonds. The lowest BCUT2D eigenvalue weighted by atomic mass is 10.1. The molecule has 0 N–H and O–H groups in total. The zero-order chi connectivity index (χ0) is 20.9. The summed E-state index contributed by atoms with van der Waals surface area (Å²) in [5.41, 5.74) is 3.02. The molecule has 0 aliphatic rings. The van der Waals surface area contributed by atoms with Gasteiger partial charge in [0.1, 0.15) is 23.7 Å². The molecule has 31 heavy (non-hydrogen) atoms. The summed E-state index contributed by atoms with van der Waals surface area (Å²) in [5, 5.41) is 0.549. The number of fused-ring (bicyclic) bond motifs is 1. The van der Waals surface area contributed by atoms with Crippen molar-refractivity contribution in [1.29, 1.82) is 0 Å². The first-order valence-electron chi connectivity index (χ1n) is 10.1. The number of benzene rings is 3. The monoisotopic (exact) mass is 435 g/mol. The second kappa shape index (κ2) is 10.3. The molecule has 3 aromatic carbocycles. The van der Waals surface area contributed by atoms with Gasteiger partial charge in [-0.2, -0.15) is 0 Å². The van der Waals surface area contributed by atoms with Crippen LogP contribution in [-0.2, 0) is 0 Å². The fourth-order valence-corrected chi connectivity index (χ4v) is 3.50. The summed E-state index contributed by atoms with van der Waals surface area (Å²) in [6.45, 7) is 0.905. The standard InChI is InChI=1S/C26H25NO3.ClH/c1-27(2)16-15-24(20-11-7-4-8-12-20)30-21-13-14-22-25(17-21)29-18-23(26(22)28)19-9-5-3-6-10-19;/h3-14,17-18,24H,15-16H2,1-2H3;1H. The molecule has 4 aromatic rings. The highest BCUT2D eigenvalue weighted by molar-refractivity contribution is 5.85. The lowest BCUT2D eigenvalue weighted by Gasteiger charge is -2.21. The van der Waals surface area contributed by atoms with E-state index in [1.54, 1.807) is 12.1 Å². The molecule has 1 aromatic heterocycles. The van der Waals surface area contributed by atoms with Gasteiger partial charge in [-0.15, -0.1) is 12.4 Å². The second-order valence-electron chi connectivity index (χ2n) is 7.61. The molecule has 1 atom stereocenters. The third kappa shape index (κ3) is 5.35. The van der Waals surface area contributed by atoms with Crippen molar-refractivity contribution < 1.29 is 9.15 Å². The molecule has 1 heterocycles. The molecule has 1 unspecified atom stereocenters. The van der Waals surface area contributed by atoms with Gasteiger partial charge >= 0.3 is 0 Å². The van der Waals surface area contributed by atoms with Gasteiger partial charge < -0.3 is 14.1 Å². The van der Waals surface area contributed by atoms with Crippen molar-refractivity contribution >= 4 is 23.4 Å². The number of hydrogen-bond acceptors (Lipinski definition) is 4. The Labute approximate surface area is 188 Å². The molecular weight excluding hydrogens is 410 g/mol. The molecule has 0 aliphatic carbocycles. The first kappa shape index (κ1) is 22.6. The van der Waals surface area contributed by atoms with Crippen LogP contribution < -0.4 is 10.2 Å². The molecule has 5 heteroatoms. The van der Waals surface area contributed by atoms with Crippen molar-refractivity contribution in [2.24, 2.45) is 0 Å². The normalized spacial score (nSPS) is 11.8. The Morgan fingerprint density at radius 1 is 0.935 bits per heavy atom. The Morgan fingerprint density at radius 2 is 1.61 bits per heavy atom. The van der Waals surface area contributed by atoms with E-state index in [-0.39, 0.29) is 23.9 Å². The van der Waals surface area contributed by atoms with Crippen molar-refractivity contribution in [3.05, 3.63) is 101 Å². The minimum Gasteiger partial charge on any atom is -0.486 e. The average Bonchev–Trinajstić information content (AvgIpc) is 2.78. The summed E-state index contributed by atoms with van der Waals surface area (Å²) in [6, 6.07) is 25.2. The summed E-state index contributed by atoms with van der Waals surface area (Å²) in [7, 11) is 4.11. The van der Waals surface area contributed by atoms with E-state index >= 15 is 0 Å². The maximum Gasteiger partial charge on any atom is 0.200 e. The van der Waals surface area contributed by atoms with Crippen LogP contribution in [0.25, 0.3) is 22.1 Å². The SMILES string of the molecule is CN(C)CCC(Oc1ccc2c(=O)c(-c3ccccc3)coc2c1)c1ccccc1.Cl. The predicted molar refractivity (Wildman–Crippen MR) is 128 cm³/mol. The van der Waals surface area contributed by atoms with Gasteiger partial charge in [0.25, 0.3) is 0 Å². The van der Waals surface area contributed by atoms with Crippen LogP contribution >= 0.6 is 12.4 Å². The summed E-state index contributed by atoms with van der Waals surface area (Å²) in [5.74, 6) is 0.686. The number of hydrogen-bond donors (Lipinski definition) is 0. The molecule has 0 bridgehead atoms. The van der Waals surface area contributed by atoms with Crippen LogP contribution in [0.15, 0.2) is 94.3 Å². The van der Waals surface area contributed by atoms with Gasteiger partial charge in [0.2, 0.25) is 0 Å². The largest absolute Gasteiger partial charge is 0.486 e. The molecular formula is C26H26ClNO3. The zero-order valence-corrected chi connectivity index (χ0v) is 18.5. The van der Waals surface area contributed by atoms with Gasteiger partial charge in [-0.05, 0) is 37.4 Å². The minimum absolute atomic E-state index is 0. The van der Waals surface area contributed by atoms with E-state index in [0.717, 1.165) is 24.1 Å². The Kier molecular flexibility index (Phi) is 7.50.